The summed E-state index contributed by atoms with van der Waals surface area (Å²) < 4.78 is 13.2. The zero-order valence-corrected chi connectivity index (χ0v) is 10.2. The van der Waals surface area contributed by atoms with Crippen molar-refractivity contribution in [1.29, 1.82) is 0 Å². The highest BCUT2D eigenvalue weighted by Crippen LogP contribution is 2.19. The highest BCUT2D eigenvalue weighted by atomic mass is 19.1. The van der Waals surface area contributed by atoms with Crippen molar-refractivity contribution in [1.82, 2.24) is 4.90 Å². The first-order valence-electron chi connectivity index (χ1n) is 5.84. The van der Waals surface area contributed by atoms with Crippen LogP contribution in [0.2, 0.25) is 0 Å². The lowest BCUT2D eigenvalue weighted by molar-refractivity contribution is -0.129. The molecule has 4 heteroatoms. The predicted molar refractivity (Wildman–Crippen MR) is 65.6 cm³/mol. The molecule has 0 aliphatic carbocycles. The molecule has 1 heterocycles. The minimum atomic E-state index is -0.170. The molecule has 1 fully saturated rings. The Morgan fingerprint density at radius 1 is 1.24 bits per heavy atom. The van der Waals surface area contributed by atoms with Crippen molar-refractivity contribution in [2.45, 2.75) is 13.8 Å². The van der Waals surface area contributed by atoms with E-state index in [1.165, 1.54) is 6.07 Å². The highest BCUT2D eigenvalue weighted by molar-refractivity contribution is 5.73. The molecule has 0 atom stereocenters. The van der Waals surface area contributed by atoms with Crippen LogP contribution in [0.5, 0.6) is 0 Å². The highest BCUT2D eigenvalue weighted by Gasteiger charge is 2.18. The Bertz CT molecular complexity index is 425. The lowest BCUT2D eigenvalue weighted by Gasteiger charge is -2.35. The Morgan fingerprint density at radius 3 is 2.41 bits per heavy atom. The van der Waals surface area contributed by atoms with E-state index in [2.05, 4.69) is 4.90 Å². The van der Waals surface area contributed by atoms with Gasteiger partial charge < -0.3 is 9.80 Å². The van der Waals surface area contributed by atoms with E-state index < -0.39 is 0 Å². The first-order chi connectivity index (χ1) is 8.08. The fourth-order valence-electron chi connectivity index (χ4n) is 2.11. The number of benzene rings is 1. The molecule has 1 aromatic carbocycles. The number of halogens is 1. The molecule has 1 aliphatic heterocycles. The zero-order chi connectivity index (χ0) is 12.4. The molecule has 1 aliphatic rings. The summed E-state index contributed by atoms with van der Waals surface area (Å²) in [6.07, 6.45) is 0. The molecular weight excluding hydrogens is 219 g/mol. The monoisotopic (exact) mass is 236 g/mol. The number of carbonyl (C=O) groups excluding carboxylic acids is 1. The van der Waals surface area contributed by atoms with Crippen LogP contribution in [0.3, 0.4) is 0 Å². The molecule has 0 saturated carbocycles. The molecule has 0 radical (unpaired) electrons. The predicted octanol–water partition coefficient (Wildman–Crippen LogP) is 1.80. The summed E-state index contributed by atoms with van der Waals surface area (Å²) in [5.74, 6) is -0.0453. The van der Waals surface area contributed by atoms with Crippen LogP contribution in [0.25, 0.3) is 0 Å². The van der Waals surface area contributed by atoms with Crippen LogP contribution in [-0.2, 0) is 4.79 Å². The van der Waals surface area contributed by atoms with E-state index in [1.807, 2.05) is 11.0 Å². The van der Waals surface area contributed by atoms with E-state index >= 15 is 0 Å². The van der Waals surface area contributed by atoms with Crippen molar-refractivity contribution >= 4 is 11.6 Å². The summed E-state index contributed by atoms with van der Waals surface area (Å²) >= 11 is 0. The van der Waals surface area contributed by atoms with Gasteiger partial charge in [-0.2, -0.15) is 0 Å². The summed E-state index contributed by atoms with van der Waals surface area (Å²) in [5, 5.41) is 0. The molecule has 2 rings (SSSR count). The second kappa shape index (κ2) is 4.73. The van der Waals surface area contributed by atoms with Crippen molar-refractivity contribution in [3.63, 3.8) is 0 Å². The number of piperazine rings is 1. The Morgan fingerprint density at radius 2 is 1.88 bits per heavy atom. The smallest absolute Gasteiger partial charge is 0.219 e. The van der Waals surface area contributed by atoms with Gasteiger partial charge in [-0.25, -0.2) is 4.39 Å². The second-order valence-electron chi connectivity index (χ2n) is 4.43. The molecule has 0 bridgehead atoms. The van der Waals surface area contributed by atoms with Gasteiger partial charge >= 0.3 is 0 Å². The zero-order valence-electron chi connectivity index (χ0n) is 10.2. The van der Waals surface area contributed by atoms with E-state index in [-0.39, 0.29) is 11.7 Å². The first kappa shape index (κ1) is 11.9. The van der Waals surface area contributed by atoms with Gasteiger partial charge in [-0.3, -0.25) is 4.79 Å². The summed E-state index contributed by atoms with van der Waals surface area (Å²) in [4.78, 5) is 15.2. The second-order valence-corrected chi connectivity index (χ2v) is 4.43. The van der Waals surface area contributed by atoms with Crippen molar-refractivity contribution in [2.75, 3.05) is 31.1 Å². The SMILES string of the molecule is CC(=O)N1CCN(c2ccc(F)c(C)c2)CC1. The Balaban J connectivity index is 2.05. The number of aryl methyl sites for hydroxylation is 1. The number of hydrogen-bond donors (Lipinski definition) is 0. The van der Waals surface area contributed by atoms with E-state index in [9.17, 15) is 9.18 Å². The molecule has 92 valence electrons. The summed E-state index contributed by atoms with van der Waals surface area (Å²) in [6, 6.07) is 5.16. The molecule has 1 amide bonds. The number of amides is 1. The summed E-state index contributed by atoms with van der Waals surface area (Å²) in [6.45, 7) is 6.47. The average Bonchev–Trinajstić information content (AvgIpc) is 2.33. The maximum absolute atomic E-state index is 13.2. The molecule has 0 unspecified atom stereocenters. The van der Waals surface area contributed by atoms with Gasteiger partial charge in [0.2, 0.25) is 5.91 Å². The first-order valence-corrected chi connectivity index (χ1v) is 5.84. The molecule has 1 aromatic rings. The minimum absolute atomic E-state index is 0.125. The van der Waals surface area contributed by atoms with Crippen LogP contribution in [0.15, 0.2) is 18.2 Å². The van der Waals surface area contributed by atoms with E-state index in [1.54, 1.807) is 19.9 Å². The Hall–Kier alpha value is -1.58. The lowest BCUT2D eigenvalue weighted by atomic mass is 10.2. The third kappa shape index (κ3) is 2.57. The van der Waals surface area contributed by atoms with Gasteiger partial charge in [0.25, 0.3) is 0 Å². The van der Waals surface area contributed by atoms with Gasteiger partial charge in [0, 0.05) is 38.8 Å². The van der Waals surface area contributed by atoms with Crippen LogP contribution in [-0.4, -0.2) is 37.0 Å². The molecule has 3 nitrogen and oxygen atoms in total. The topological polar surface area (TPSA) is 23.6 Å². The van der Waals surface area contributed by atoms with Crippen LogP contribution < -0.4 is 4.90 Å². The minimum Gasteiger partial charge on any atom is -0.368 e. The van der Waals surface area contributed by atoms with Gasteiger partial charge in [-0.05, 0) is 30.7 Å². The quantitative estimate of drug-likeness (QED) is 0.742. The van der Waals surface area contributed by atoms with Gasteiger partial charge in [0.1, 0.15) is 5.82 Å². The van der Waals surface area contributed by atoms with Crippen molar-refractivity contribution in [3.05, 3.63) is 29.6 Å². The third-order valence-corrected chi connectivity index (χ3v) is 3.23. The van der Waals surface area contributed by atoms with Gasteiger partial charge in [0.15, 0.2) is 0 Å². The largest absolute Gasteiger partial charge is 0.368 e. The normalized spacial score (nSPS) is 16.2. The Kier molecular flexibility index (Phi) is 3.31. The standard InChI is InChI=1S/C13H17FN2O/c1-10-9-12(3-4-13(10)14)16-7-5-15(6-8-16)11(2)17/h3-4,9H,5-8H2,1-2H3. The van der Waals surface area contributed by atoms with Crippen molar-refractivity contribution < 1.29 is 9.18 Å². The van der Waals surface area contributed by atoms with Crippen LogP contribution in [0, 0.1) is 12.7 Å². The summed E-state index contributed by atoms with van der Waals surface area (Å²) in [7, 11) is 0. The number of hydrogen-bond acceptors (Lipinski definition) is 2. The van der Waals surface area contributed by atoms with Crippen molar-refractivity contribution in [2.24, 2.45) is 0 Å². The van der Waals surface area contributed by atoms with Gasteiger partial charge in [0.05, 0.1) is 0 Å². The van der Waals surface area contributed by atoms with Crippen LogP contribution >= 0.6 is 0 Å². The fraction of sp³-hybridized carbons (Fsp3) is 0.462. The van der Waals surface area contributed by atoms with E-state index in [0.717, 1.165) is 31.9 Å². The van der Waals surface area contributed by atoms with E-state index in [4.69, 9.17) is 0 Å². The van der Waals surface area contributed by atoms with Crippen LogP contribution in [0.1, 0.15) is 12.5 Å². The molecule has 0 N–H and O–H groups in total. The summed E-state index contributed by atoms with van der Waals surface area (Å²) in [5.41, 5.74) is 1.70. The molecule has 0 aromatic heterocycles. The molecule has 17 heavy (non-hydrogen) atoms. The number of nitrogens with zero attached hydrogens (tertiary/aromatic N) is 2. The fourth-order valence-corrected chi connectivity index (χ4v) is 2.11. The van der Waals surface area contributed by atoms with E-state index in [0.29, 0.717) is 5.56 Å². The van der Waals surface area contributed by atoms with Crippen LogP contribution in [0.4, 0.5) is 10.1 Å². The Labute approximate surface area is 101 Å². The number of anilines is 1. The average molecular weight is 236 g/mol. The lowest BCUT2D eigenvalue weighted by Crippen LogP contribution is -2.48. The third-order valence-electron chi connectivity index (χ3n) is 3.23. The molecular formula is C13H17FN2O. The maximum Gasteiger partial charge on any atom is 0.219 e. The number of carbonyl (C=O) groups is 1. The number of rotatable bonds is 1. The maximum atomic E-state index is 13.2. The van der Waals surface area contributed by atoms with Crippen molar-refractivity contribution in [3.8, 4) is 0 Å². The van der Waals surface area contributed by atoms with Gasteiger partial charge in [-0.15, -0.1) is 0 Å². The molecule has 1 saturated heterocycles. The van der Waals surface area contributed by atoms with Gasteiger partial charge in [-0.1, -0.05) is 0 Å². The molecule has 0 spiro atoms.